The predicted molar refractivity (Wildman–Crippen MR) is 97.9 cm³/mol. The van der Waals surface area contributed by atoms with E-state index in [0.29, 0.717) is 16.8 Å². The van der Waals surface area contributed by atoms with Crippen molar-refractivity contribution in [3.8, 4) is 23.7 Å². The molecule has 6 heteroatoms. The number of amides is 2. The van der Waals surface area contributed by atoms with Gasteiger partial charge in [-0.05, 0) is 67.3 Å². The van der Waals surface area contributed by atoms with Crippen LogP contribution in [0.2, 0.25) is 0 Å². The fraction of sp³-hybridized carbons (Fsp3) is 0.100. The van der Waals surface area contributed by atoms with Crippen LogP contribution < -0.4 is 16.5 Å². The van der Waals surface area contributed by atoms with Crippen molar-refractivity contribution in [2.75, 3.05) is 5.73 Å². The number of hydrogen-bond acceptors (Lipinski definition) is 4. The molecule has 0 heterocycles. The van der Waals surface area contributed by atoms with Crippen molar-refractivity contribution in [2.45, 2.75) is 13.0 Å². The number of nitrogens with one attached hydrogen (secondary N) is 2. The van der Waals surface area contributed by atoms with Gasteiger partial charge in [0.25, 0.3) is 11.8 Å². The molecule has 2 aromatic carbocycles. The molecule has 0 aliphatic heterocycles. The lowest BCUT2D eigenvalue weighted by Gasteiger charge is -2.11. The van der Waals surface area contributed by atoms with Gasteiger partial charge in [0.15, 0.2) is 0 Å². The van der Waals surface area contributed by atoms with Crippen LogP contribution in [0.5, 0.6) is 0 Å². The molecule has 2 aromatic rings. The van der Waals surface area contributed by atoms with E-state index in [0.717, 1.165) is 5.56 Å². The molecule has 0 radical (unpaired) electrons. The van der Waals surface area contributed by atoms with Crippen molar-refractivity contribution >= 4 is 17.5 Å². The van der Waals surface area contributed by atoms with Crippen LogP contribution in [0.25, 0.3) is 0 Å². The summed E-state index contributed by atoms with van der Waals surface area (Å²) in [6, 6.07) is 12.9. The van der Waals surface area contributed by atoms with Gasteiger partial charge in [-0.2, -0.15) is 0 Å². The van der Waals surface area contributed by atoms with Crippen LogP contribution >= 0.6 is 0 Å². The number of nitrogens with two attached hydrogens (primary N) is 1. The molecule has 0 aromatic heterocycles. The topological polar surface area (TPSA) is 104 Å². The number of benzene rings is 2. The van der Waals surface area contributed by atoms with Gasteiger partial charge in [-0.3, -0.25) is 14.8 Å². The average Bonchev–Trinajstić information content (AvgIpc) is 2.66. The van der Waals surface area contributed by atoms with Gasteiger partial charge in [0.05, 0.1) is 0 Å². The maximum atomic E-state index is 12.0. The van der Waals surface area contributed by atoms with Gasteiger partial charge in [0.1, 0.15) is 6.04 Å². The summed E-state index contributed by atoms with van der Waals surface area (Å²) < 4.78 is 0. The van der Waals surface area contributed by atoms with Gasteiger partial charge in [-0.1, -0.05) is 11.8 Å². The molecule has 130 valence electrons. The molecular weight excluding hydrogens is 330 g/mol. The molecule has 0 unspecified atom stereocenters. The monoisotopic (exact) mass is 347 g/mol. The summed E-state index contributed by atoms with van der Waals surface area (Å²) in [5.74, 6) is 10.2. The van der Waals surface area contributed by atoms with E-state index >= 15 is 0 Å². The molecule has 1 atom stereocenters. The Labute approximate surface area is 151 Å². The molecule has 2 amide bonds. The SMILES string of the molecule is C[C@H](NC(=O)c1ccc(C#CC#Cc2ccc(N)cc2)cc1)C(=O)NO. The van der Waals surface area contributed by atoms with E-state index in [9.17, 15) is 9.59 Å². The zero-order valence-electron chi connectivity index (χ0n) is 14.0. The lowest BCUT2D eigenvalue weighted by molar-refractivity contribution is -0.130. The van der Waals surface area contributed by atoms with Crippen molar-refractivity contribution in [1.82, 2.24) is 10.8 Å². The summed E-state index contributed by atoms with van der Waals surface area (Å²) in [5, 5.41) is 11.0. The number of rotatable bonds is 3. The van der Waals surface area contributed by atoms with Gasteiger partial charge in [-0.25, -0.2) is 5.48 Å². The zero-order valence-corrected chi connectivity index (χ0v) is 14.0. The molecule has 6 nitrogen and oxygen atoms in total. The summed E-state index contributed by atoms with van der Waals surface area (Å²) in [6.07, 6.45) is 0. The normalized spacial score (nSPS) is 10.4. The Kier molecular flexibility index (Phi) is 6.39. The maximum Gasteiger partial charge on any atom is 0.265 e. The van der Waals surface area contributed by atoms with E-state index in [1.165, 1.54) is 12.4 Å². The van der Waals surface area contributed by atoms with E-state index in [2.05, 4.69) is 29.0 Å². The Morgan fingerprint density at radius 1 is 0.962 bits per heavy atom. The van der Waals surface area contributed by atoms with E-state index < -0.39 is 17.9 Å². The Bertz CT molecular complexity index is 911. The van der Waals surface area contributed by atoms with Gasteiger partial charge >= 0.3 is 0 Å². The summed E-state index contributed by atoms with van der Waals surface area (Å²) in [4.78, 5) is 23.2. The number of hydrogen-bond donors (Lipinski definition) is 4. The minimum Gasteiger partial charge on any atom is -0.399 e. The second-order valence-electron chi connectivity index (χ2n) is 5.37. The van der Waals surface area contributed by atoms with Crippen LogP contribution in [0, 0.1) is 23.7 Å². The van der Waals surface area contributed by atoms with Crippen LogP contribution in [0.1, 0.15) is 28.4 Å². The second-order valence-corrected chi connectivity index (χ2v) is 5.37. The molecule has 0 fully saturated rings. The van der Waals surface area contributed by atoms with Gasteiger partial charge in [-0.15, -0.1) is 0 Å². The largest absolute Gasteiger partial charge is 0.399 e. The molecule has 5 N–H and O–H groups in total. The fourth-order valence-electron chi connectivity index (χ4n) is 1.92. The highest BCUT2D eigenvalue weighted by molar-refractivity contribution is 5.97. The first kappa shape index (κ1) is 18.6. The van der Waals surface area contributed by atoms with Crippen molar-refractivity contribution in [3.05, 3.63) is 65.2 Å². The number of nitrogen functional groups attached to an aromatic ring is 1. The molecule has 0 spiro atoms. The zero-order chi connectivity index (χ0) is 18.9. The number of carbonyl (C=O) groups is 2. The lowest BCUT2D eigenvalue weighted by Crippen LogP contribution is -2.43. The van der Waals surface area contributed by atoms with E-state index in [1.54, 1.807) is 36.4 Å². The Morgan fingerprint density at radius 2 is 1.46 bits per heavy atom. The van der Waals surface area contributed by atoms with Gasteiger partial charge in [0, 0.05) is 22.4 Å². The molecule has 0 saturated carbocycles. The van der Waals surface area contributed by atoms with E-state index in [-0.39, 0.29) is 0 Å². The Morgan fingerprint density at radius 3 is 1.96 bits per heavy atom. The summed E-state index contributed by atoms with van der Waals surface area (Å²) in [5.41, 5.74) is 9.66. The van der Waals surface area contributed by atoms with Gasteiger partial charge < -0.3 is 11.1 Å². The molecule has 0 saturated heterocycles. The number of carbonyl (C=O) groups excluding carboxylic acids is 2. The smallest absolute Gasteiger partial charge is 0.265 e. The highest BCUT2D eigenvalue weighted by Gasteiger charge is 2.15. The molecular formula is C20H17N3O3. The van der Waals surface area contributed by atoms with Crippen LogP contribution in [-0.4, -0.2) is 23.1 Å². The third-order valence-corrected chi connectivity index (χ3v) is 3.39. The highest BCUT2D eigenvalue weighted by atomic mass is 16.5. The molecule has 2 rings (SSSR count). The quantitative estimate of drug-likeness (QED) is 0.291. The fourth-order valence-corrected chi connectivity index (χ4v) is 1.92. The summed E-state index contributed by atoms with van der Waals surface area (Å²) >= 11 is 0. The lowest BCUT2D eigenvalue weighted by atomic mass is 10.1. The van der Waals surface area contributed by atoms with Crippen molar-refractivity contribution in [3.63, 3.8) is 0 Å². The second kappa shape index (κ2) is 8.93. The maximum absolute atomic E-state index is 12.0. The number of hydroxylamine groups is 1. The van der Waals surface area contributed by atoms with Crippen LogP contribution in [-0.2, 0) is 4.79 Å². The van der Waals surface area contributed by atoms with Crippen molar-refractivity contribution in [1.29, 1.82) is 0 Å². The first-order valence-corrected chi connectivity index (χ1v) is 7.72. The minimum absolute atomic E-state index is 0.376. The predicted octanol–water partition coefficient (Wildman–Crippen LogP) is 1.30. The van der Waals surface area contributed by atoms with Gasteiger partial charge in [0.2, 0.25) is 0 Å². The molecule has 0 aliphatic rings. The Hall–Kier alpha value is -3.74. The van der Waals surface area contributed by atoms with Crippen LogP contribution in [0.3, 0.4) is 0 Å². The number of anilines is 1. The minimum atomic E-state index is -0.851. The van der Waals surface area contributed by atoms with Crippen molar-refractivity contribution in [2.24, 2.45) is 0 Å². The molecule has 0 aliphatic carbocycles. The molecule has 26 heavy (non-hydrogen) atoms. The third kappa shape index (κ3) is 5.41. The standard InChI is InChI=1S/C20H17N3O3/c1-14(19(24)23-26)22-20(25)17-10-6-15(7-11-17)4-2-3-5-16-8-12-18(21)13-9-16/h6-14,26H,21H2,1H3,(H,22,25)(H,23,24)/t14-/m0/s1. The Balaban J connectivity index is 1.99. The van der Waals surface area contributed by atoms with Crippen LogP contribution in [0.15, 0.2) is 48.5 Å². The highest BCUT2D eigenvalue weighted by Crippen LogP contribution is 2.05. The summed E-state index contributed by atoms with van der Waals surface area (Å²) in [6.45, 7) is 1.46. The van der Waals surface area contributed by atoms with E-state index in [1.807, 2.05) is 12.1 Å². The summed E-state index contributed by atoms with van der Waals surface area (Å²) in [7, 11) is 0. The first-order valence-electron chi connectivity index (χ1n) is 7.72. The van der Waals surface area contributed by atoms with Crippen LogP contribution in [0.4, 0.5) is 5.69 Å². The average molecular weight is 347 g/mol. The van der Waals surface area contributed by atoms with Crippen molar-refractivity contribution < 1.29 is 14.8 Å². The third-order valence-electron chi connectivity index (χ3n) is 3.39. The van der Waals surface area contributed by atoms with E-state index in [4.69, 9.17) is 10.9 Å². The molecule has 0 bridgehead atoms. The first-order chi connectivity index (χ1) is 12.5.